The molecule has 1 unspecified atom stereocenters. The van der Waals surface area contributed by atoms with Crippen molar-refractivity contribution in [2.75, 3.05) is 33.8 Å². The number of carbonyl (C=O) groups is 2. The first-order valence-electron chi connectivity index (χ1n) is 13.5. The van der Waals surface area contributed by atoms with E-state index in [1.54, 1.807) is 12.0 Å². The lowest BCUT2D eigenvalue weighted by Crippen LogP contribution is -2.56. The molecule has 2 amide bonds. The van der Waals surface area contributed by atoms with Gasteiger partial charge in [-0.1, -0.05) is 36.4 Å². The molecule has 2 aliphatic heterocycles. The van der Waals surface area contributed by atoms with E-state index in [1.807, 2.05) is 26.0 Å². The standard InChI is InChI=1S/C30H39N3O4/c1-21(2)37-29(35)32-19-16-30(17-20-32)28(34)33(18-15-22-5-13-26(36-4)14-6-22)27(31(30)3)25-11-9-24(10-12-25)23-7-8-23/h5-6,9-14,21,23,27H,7-8,15-20H2,1-4H3. The van der Waals surface area contributed by atoms with Gasteiger partial charge in [-0.3, -0.25) is 9.69 Å². The van der Waals surface area contributed by atoms with Gasteiger partial charge in [-0.25, -0.2) is 4.79 Å². The number of amides is 2. The number of ether oxygens (including phenoxy) is 2. The van der Waals surface area contributed by atoms with Gasteiger partial charge in [0.15, 0.2) is 0 Å². The minimum absolute atomic E-state index is 0.131. The van der Waals surface area contributed by atoms with Gasteiger partial charge in [-0.05, 0) is 87.7 Å². The van der Waals surface area contributed by atoms with Gasteiger partial charge < -0.3 is 19.3 Å². The van der Waals surface area contributed by atoms with Gasteiger partial charge in [0.2, 0.25) is 5.91 Å². The van der Waals surface area contributed by atoms with Crippen molar-refractivity contribution in [2.24, 2.45) is 0 Å². The Bertz CT molecular complexity index is 1100. The molecule has 3 fully saturated rings. The van der Waals surface area contributed by atoms with Crippen molar-refractivity contribution in [1.29, 1.82) is 0 Å². The lowest BCUT2D eigenvalue weighted by atomic mass is 9.86. The van der Waals surface area contributed by atoms with Crippen LogP contribution in [-0.4, -0.2) is 72.1 Å². The number of carbonyl (C=O) groups excluding carboxylic acids is 2. The maximum atomic E-state index is 14.2. The van der Waals surface area contributed by atoms with Crippen molar-refractivity contribution in [3.05, 3.63) is 65.2 Å². The number of methoxy groups -OCH3 is 1. The van der Waals surface area contributed by atoms with Gasteiger partial charge in [-0.15, -0.1) is 0 Å². The fourth-order valence-electron chi connectivity index (χ4n) is 5.90. The van der Waals surface area contributed by atoms with Crippen LogP contribution >= 0.6 is 0 Å². The average molecular weight is 506 g/mol. The number of hydrogen-bond donors (Lipinski definition) is 0. The molecule has 2 aromatic carbocycles. The van der Waals surface area contributed by atoms with Gasteiger partial charge in [0, 0.05) is 19.6 Å². The van der Waals surface area contributed by atoms with E-state index in [4.69, 9.17) is 9.47 Å². The predicted octanol–water partition coefficient (Wildman–Crippen LogP) is 4.97. The number of nitrogens with zero attached hydrogens (tertiary/aromatic N) is 3. The topological polar surface area (TPSA) is 62.3 Å². The summed E-state index contributed by atoms with van der Waals surface area (Å²) in [5.74, 6) is 1.69. The number of hydrogen-bond acceptors (Lipinski definition) is 5. The molecule has 0 bridgehead atoms. The third-order valence-electron chi connectivity index (χ3n) is 8.27. The fourth-order valence-corrected chi connectivity index (χ4v) is 5.90. The van der Waals surface area contributed by atoms with Gasteiger partial charge >= 0.3 is 6.09 Å². The number of rotatable bonds is 7. The van der Waals surface area contributed by atoms with Crippen LogP contribution in [0.3, 0.4) is 0 Å². The largest absolute Gasteiger partial charge is 0.497 e. The van der Waals surface area contributed by atoms with E-state index >= 15 is 0 Å². The monoisotopic (exact) mass is 505 g/mol. The molecule has 0 aromatic heterocycles. The predicted molar refractivity (Wildman–Crippen MR) is 142 cm³/mol. The Labute approximate surface area is 220 Å². The Morgan fingerprint density at radius 1 is 1.00 bits per heavy atom. The van der Waals surface area contributed by atoms with Crippen molar-refractivity contribution >= 4 is 12.0 Å². The molecular formula is C30H39N3O4. The van der Waals surface area contributed by atoms with Crippen LogP contribution in [0.2, 0.25) is 0 Å². The summed E-state index contributed by atoms with van der Waals surface area (Å²) in [7, 11) is 3.74. The van der Waals surface area contributed by atoms with Crippen LogP contribution in [-0.2, 0) is 16.0 Å². The lowest BCUT2D eigenvalue weighted by molar-refractivity contribution is -0.135. The highest BCUT2D eigenvalue weighted by Gasteiger charge is 2.57. The molecule has 5 rings (SSSR count). The van der Waals surface area contributed by atoms with E-state index in [0.717, 1.165) is 17.7 Å². The Hall–Kier alpha value is -3.06. The van der Waals surface area contributed by atoms with Gasteiger partial charge in [0.1, 0.15) is 17.5 Å². The lowest BCUT2D eigenvalue weighted by Gasteiger charge is -2.41. The molecule has 1 aliphatic carbocycles. The zero-order chi connectivity index (χ0) is 26.2. The van der Waals surface area contributed by atoms with Crippen LogP contribution in [0.15, 0.2) is 48.5 Å². The zero-order valence-electron chi connectivity index (χ0n) is 22.5. The summed E-state index contributed by atoms with van der Waals surface area (Å²) in [5.41, 5.74) is 3.10. The molecule has 1 saturated carbocycles. The maximum absolute atomic E-state index is 14.2. The molecule has 1 spiro atoms. The van der Waals surface area contributed by atoms with Crippen LogP contribution in [0.4, 0.5) is 4.79 Å². The molecule has 198 valence electrons. The van der Waals surface area contributed by atoms with Crippen molar-refractivity contribution in [3.63, 3.8) is 0 Å². The van der Waals surface area contributed by atoms with Crippen LogP contribution in [0.1, 0.15) is 68.3 Å². The summed E-state index contributed by atoms with van der Waals surface area (Å²) < 4.78 is 10.7. The minimum atomic E-state index is -0.617. The van der Waals surface area contributed by atoms with E-state index < -0.39 is 5.54 Å². The highest BCUT2D eigenvalue weighted by atomic mass is 16.6. The molecule has 0 N–H and O–H groups in total. The Balaban J connectivity index is 1.38. The van der Waals surface area contributed by atoms with Gasteiger partial charge in [0.05, 0.1) is 13.2 Å². The molecule has 0 radical (unpaired) electrons. The zero-order valence-corrected chi connectivity index (χ0v) is 22.5. The van der Waals surface area contributed by atoms with Crippen LogP contribution in [0.5, 0.6) is 5.75 Å². The van der Waals surface area contributed by atoms with Crippen molar-refractivity contribution in [1.82, 2.24) is 14.7 Å². The number of likely N-dealkylation sites (N-methyl/N-ethyl adjacent to an activating group) is 1. The molecule has 1 atom stereocenters. The van der Waals surface area contributed by atoms with Crippen LogP contribution < -0.4 is 4.74 Å². The molecule has 7 nitrogen and oxygen atoms in total. The van der Waals surface area contributed by atoms with Crippen molar-refractivity contribution < 1.29 is 19.1 Å². The van der Waals surface area contributed by atoms with Crippen molar-refractivity contribution in [3.8, 4) is 5.75 Å². The Morgan fingerprint density at radius 3 is 2.19 bits per heavy atom. The number of piperidine rings is 1. The van der Waals surface area contributed by atoms with Gasteiger partial charge in [-0.2, -0.15) is 0 Å². The molecule has 2 aromatic rings. The number of benzene rings is 2. The Kier molecular flexibility index (Phi) is 7.17. The van der Waals surface area contributed by atoms with Crippen LogP contribution in [0, 0.1) is 0 Å². The molecule has 3 aliphatic rings. The average Bonchev–Trinajstić information content (AvgIpc) is 3.73. The third kappa shape index (κ3) is 5.06. The normalized spacial score (nSPS) is 21.6. The summed E-state index contributed by atoms with van der Waals surface area (Å²) in [5, 5.41) is 0. The SMILES string of the molecule is COc1ccc(CCN2C(=O)C3(CCN(C(=O)OC(C)C)CC3)N(C)C2c2ccc(C3CC3)cc2)cc1. The molecule has 2 heterocycles. The van der Waals surface area contributed by atoms with E-state index in [2.05, 4.69) is 53.2 Å². The fraction of sp³-hybridized carbons (Fsp3) is 0.533. The molecular weight excluding hydrogens is 466 g/mol. The first-order valence-corrected chi connectivity index (χ1v) is 13.5. The highest BCUT2D eigenvalue weighted by Crippen LogP contribution is 2.46. The van der Waals surface area contributed by atoms with Crippen LogP contribution in [0.25, 0.3) is 0 Å². The maximum Gasteiger partial charge on any atom is 0.410 e. The summed E-state index contributed by atoms with van der Waals surface area (Å²) in [6, 6.07) is 17.0. The first kappa shape index (κ1) is 25.6. The highest BCUT2D eigenvalue weighted by molar-refractivity contribution is 5.89. The second kappa shape index (κ2) is 10.4. The molecule has 37 heavy (non-hydrogen) atoms. The minimum Gasteiger partial charge on any atom is -0.497 e. The molecule has 7 heteroatoms. The third-order valence-corrected chi connectivity index (χ3v) is 8.27. The van der Waals surface area contributed by atoms with E-state index in [9.17, 15) is 9.59 Å². The summed E-state index contributed by atoms with van der Waals surface area (Å²) in [6.45, 7) is 5.38. The summed E-state index contributed by atoms with van der Waals surface area (Å²) in [4.78, 5) is 32.7. The number of likely N-dealkylation sites (tertiary alicyclic amines) is 1. The first-order chi connectivity index (χ1) is 17.8. The Morgan fingerprint density at radius 2 is 1.62 bits per heavy atom. The van der Waals surface area contributed by atoms with Gasteiger partial charge in [0.25, 0.3) is 0 Å². The quantitative estimate of drug-likeness (QED) is 0.532. The molecule has 2 saturated heterocycles. The smallest absolute Gasteiger partial charge is 0.410 e. The summed E-state index contributed by atoms with van der Waals surface area (Å²) >= 11 is 0. The second-order valence-electron chi connectivity index (χ2n) is 11.0. The van der Waals surface area contributed by atoms with Crippen molar-refractivity contribution in [2.45, 2.75) is 69.7 Å². The summed E-state index contributed by atoms with van der Waals surface area (Å²) in [6.07, 6.45) is 3.94. The second-order valence-corrected chi connectivity index (χ2v) is 11.0. The van der Waals surface area contributed by atoms with E-state index in [0.29, 0.717) is 38.4 Å². The van der Waals surface area contributed by atoms with E-state index in [1.165, 1.54) is 24.0 Å². The van der Waals surface area contributed by atoms with E-state index in [-0.39, 0.29) is 24.3 Å².